The lowest BCUT2D eigenvalue weighted by atomic mass is 10.2. The van der Waals surface area contributed by atoms with E-state index in [1.54, 1.807) is 0 Å². The lowest BCUT2D eigenvalue weighted by Crippen LogP contribution is -2.30. The van der Waals surface area contributed by atoms with Gasteiger partial charge in [0.15, 0.2) is 0 Å². The first-order valence-corrected chi connectivity index (χ1v) is 9.71. The lowest BCUT2D eigenvalue weighted by Gasteiger charge is -2.23. The molecule has 6 heteroatoms. The maximum absolute atomic E-state index is 12.1. The fraction of sp³-hybridized carbons (Fsp3) is 0.318. The van der Waals surface area contributed by atoms with Crippen LogP contribution in [0.4, 0.5) is 5.69 Å². The Kier molecular flexibility index (Phi) is 7.18. The minimum atomic E-state index is 0.00206. The van der Waals surface area contributed by atoms with Crippen molar-refractivity contribution in [2.24, 2.45) is 0 Å². The summed E-state index contributed by atoms with van der Waals surface area (Å²) < 4.78 is 5.24. The second-order valence-corrected chi connectivity index (χ2v) is 6.50. The van der Waals surface area contributed by atoms with Crippen molar-refractivity contribution in [2.45, 2.75) is 26.2 Å². The second kappa shape index (κ2) is 10.3. The fourth-order valence-electron chi connectivity index (χ4n) is 2.98. The van der Waals surface area contributed by atoms with Crippen molar-refractivity contribution >= 4 is 11.6 Å². The number of carbonyl (C=O) groups is 1. The first-order chi connectivity index (χ1) is 13.8. The van der Waals surface area contributed by atoms with Gasteiger partial charge in [-0.15, -0.1) is 0 Å². The molecule has 1 heterocycles. The van der Waals surface area contributed by atoms with Crippen LogP contribution in [0.15, 0.2) is 65.2 Å². The number of nitrogens with zero attached hydrogens (tertiary/aromatic N) is 3. The third-order valence-electron chi connectivity index (χ3n) is 4.50. The standard InChI is InChI=1S/C22H26N4O2/c1-2-26(19-12-7-4-8-13-19)17-9-16-23-20(27)14-15-21-24-22(25-28-21)18-10-5-3-6-11-18/h3-8,10-13H,2,9,14-17H2,1H3,(H,23,27). The van der Waals surface area contributed by atoms with Crippen LogP contribution in [-0.4, -0.2) is 35.7 Å². The molecule has 0 radical (unpaired) electrons. The van der Waals surface area contributed by atoms with E-state index >= 15 is 0 Å². The number of hydrogen-bond acceptors (Lipinski definition) is 5. The molecule has 0 aliphatic rings. The molecule has 3 aromatic rings. The molecule has 0 atom stereocenters. The summed E-state index contributed by atoms with van der Waals surface area (Å²) in [5.41, 5.74) is 2.11. The predicted octanol–water partition coefficient (Wildman–Crippen LogP) is 3.70. The Bertz CT molecular complexity index is 849. The zero-order chi connectivity index (χ0) is 19.6. The zero-order valence-corrected chi connectivity index (χ0v) is 16.2. The van der Waals surface area contributed by atoms with Gasteiger partial charge in [0, 0.05) is 43.7 Å². The molecule has 1 aromatic heterocycles. The summed E-state index contributed by atoms with van der Waals surface area (Å²) in [6, 6.07) is 20.0. The Morgan fingerprint density at radius 3 is 2.50 bits per heavy atom. The largest absolute Gasteiger partial charge is 0.372 e. The highest BCUT2D eigenvalue weighted by atomic mass is 16.5. The SMILES string of the molecule is CCN(CCCNC(=O)CCc1nc(-c2ccccc2)no1)c1ccccc1. The van der Waals surface area contributed by atoms with Crippen LogP contribution in [0.2, 0.25) is 0 Å². The van der Waals surface area contributed by atoms with Crippen molar-refractivity contribution in [3.8, 4) is 11.4 Å². The summed E-state index contributed by atoms with van der Waals surface area (Å²) >= 11 is 0. The Hall–Kier alpha value is -3.15. The Morgan fingerprint density at radius 1 is 1.07 bits per heavy atom. The maximum atomic E-state index is 12.1. The van der Waals surface area contributed by atoms with Gasteiger partial charge in [-0.2, -0.15) is 4.98 Å². The molecule has 1 amide bonds. The van der Waals surface area contributed by atoms with E-state index < -0.39 is 0 Å². The molecule has 0 aliphatic carbocycles. The minimum Gasteiger partial charge on any atom is -0.372 e. The van der Waals surface area contributed by atoms with Gasteiger partial charge in [-0.3, -0.25) is 4.79 Å². The summed E-state index contributed by atoms with van der Waals surface area (Å²) in [4.78, 5) is 18.7. The molecule has 1 N–H and O–H groups in total. The van der Waals surface area contributed by atoms with Crippen LogP contribution in [0.1, 0.15) is 25.7 Å². The third-order valence-corrected chi connectivity index (χ3v) is 4.50. The molecular weight excluding hydrogens is 352 g/mol. The van der Waals surface area contributed by atoms with E-state index in [1.165, 1.54) is 5.69 Å². The normalized spacial score (nSPS) is 10.6. The number of aryl methyl sites for hydroxylation is 1. The average molecular weight is 378 g/mol. The number of hydrogen-bond donors (Lipinski definition) is 1. The molecular formula is C22H26N4O2. The number of benzene rings is 2. The molecule has 0 saturated heterocycles. The molecule has 0 saturated carbocycles. The van der Waals surface area contributed by atoms with Crippen LogP contribution in [0.5, 0.6) is 0 Å². The maximum Gasteiger partial charge on any atom is 0.227 e. The molecule has 3 rings (SSSR count). The van der Waals surface area contributed by atoms with E-state index in [4.69, 9.17) is 4.52 Å². The van der Waals surface area contributed by atoms with Crippen molar-refractivity contribution in [1.82, 2.24) is 15.5 Å². The first-order valence-electron chi connectivity index (χ1n) is 9.71. The number of aromatic nitrogens is 2. The van der Waals surface area contributed by atoms with Gasteiger partial charge >= 0.3 is 0 Å². The van der Waals surface area contributed by atoms with Crippen LogP contribution in [0.3, 0.4) is 0 Å². The zero-order valence-electron chi connectivity index (χ0n) is 16.2. The van der Waals surface area contributed by atoms with Gasteiger partial charge < -0.3 is 14.7 Å². The number of carbonyl (C=O) groups excluding carboxylic acids is 1. The quantitative estimate of drug-likeness (QED) is 0.545. The Morgan fingerprint density at radius 2 is 1.79 bits per heavy atom. The highest BCUT2D eigenvalue weighted by Crippen LogP contribution is 2.15. The summed E-state index contributed by atoms with van der Waals surface area (Å²) in [5, 5.41) is 6.94. The Balaban J connectivity index is 1.36. The predicted molar refractivity (Wildman–Crippen MR) is 110 cm³/mol. The molecule has 0 unspecified atom stereocenters. The molecule has 146 valence electrons. The molecule has 2 aromatic carbocycles. The molecule has 0 aliphatic heterocycles. The Labute approximate surface area is 165 Å². The van der Waals surface area contributed by atoms with E-state index in [0.29, 0.717) is 31.1 Å². The van der Waals surface area contributed by atoms with Crippen molar-refractivity contribution < 1.29 is 9.32 Å². The summed E-state index contributed by atoms with van der Waals surface area (Å²) in [6.45, 7) is 4.64. The number of anilines is 1. The molecule has 0 fully saturated rings. The van der Waals surface area contributed by atoms with Crippen LogP contribution in [0.25, 0.3) is 11.4 Å². The summed E-state index contributed by atoms with van der Waals surface area (Å²) in [5.74, 6) is 1.04. The van der Waals surface area contributed by atoms with Gasteiger partial charge in [-0.05, 0) is 25.5 Å². The molecule has 0 spiro atoms. The van der Waals surface area contributed by atoms with Crippen LogP contribution in [-0.2, 0) is 11.2 Å². The second-order valence-electron chi connectivity index (χ2n) is 6.50. The minimum absolute atomic E-state index is 0.00206. The van der Waals surface area contributed by atoms with Crippen LogP contribution >= 0.6 is 0 Å². The number of amides is 1. The summed E-state index contributed by atoms with van der Waals surface area (Å²) in [7, 11) is 0. The summed E-state index contributed by atoms with van der Waals surface area (Å²) in [6.07, 6.45) is 1.68. The monoisotopic (exact) mass is 378 g/mol. The van der Waals surface area contributed by atoms with E-state index in [2.05, 4.69) is 39.4 Å². The lowest BCUT2D eigenvalue weighted by molar-refractivity contribution is -0.121. The fourth-order valence-corrected chi connectivity index (χ4v) is 2.98. The van der Waals surface area contributed by atoms with E-state index in [-0.39, 0.29) is 5.91 Å². The highest BCUT2D eigenvalue weighted by Gasteiger charge is 2.10. The van der Waals surface area contributed by atoms with Crippen LogP contribution < -0.4 is 10.2 Å². The number of nitrogens with one attached hydrogen (secondary N) is 1. The van der Waals surface area contributed by atoms with Gasteiger partial charge in [0.2, 0.25) is 17.6 Å². The topological polar surface area (TPSA) is 71.3 Å². The van der Waals surface area contributed by atoms with Gasteiger partial charge in [-0.25, -0.2) is 0 Å². The number of para-hydroxylation sites is 1. The first kappa shape index (κ1) is 19.6. The highest BCUT2D eigenvalue weighted by molar-refractivity contribution is 5.76. The molecule has 0 bridgehead atoms. The van der Waals surface area contributed by atoms with Gasteiger partial charge in [0.1, 0.15) is 0 Å². The van der Waals surface area contributed by atoms with Gasteiger partial charge in [0.05, 0.1) is 0 Å². The smallest absolute Gasteiger partial charge is 0.227 e. The van der Waals surface area contributed by atoms with Crippen molar-refractivity contribution in [1.29, 1.82) is 0 Å². The van der Waals surface area contributed by atoms with E-state index in [0.717, 1.165) is 25.1 Å². The van der Waals surface area contributed by atoms with Gasteiger partial charge in [-0.1, -0.05) is 53.7 Å². The van der Waals surface area contributed by atoms with Gasteiger partial charge in [0.25, 0.3) is 0 Å². The molecule has 28 heavy (non-hydrogen) atoms. The van der Waals surface area contributed by atoms with Crippen molar-refractivity contribution in [3.05, 3.63) is 66.6 Å². The van der Waals surface area contributed by atoms with Crippen molar-refractivity contribution in [2.75, 3.05) is 24.5 Å². The van der Waals surface area contributed by atoms with E-state index in [9.17, 15) is 4.79 Å². The number of rotatable bonds is 10. The molecule has 6 nitrogen and oxygen atoms in total. The van der Waals surface area contributed by atoms with Crippen molar-refractivity contribution in [3.63, 3.8) is 0 Å². The van der Waals surface area contributed by atoms with Crippen LogP contribution in [0, 0.1) is 0 Å². The average Bonchev–Trinajstić information content (AvgIpc) is 3.23. The third kappa shape index (κ3) is 5.67. The van der Waals surface area contributed by atoms with E-state index in [1.807, 2.05) is 48.5 Å².